The maximum absolute atomic E-state index is 11.1. The van der Waals surface area contributed by atoms with Crippen LogP contribution in [0.1, 0.15) is 16.2 Å². The molecule has 1 N–H and O–H groups in total. The Kier molecular flexibility index (Phi) is 2.80. The van der Waals surface area contributed by atoms with Gasteiger partial charge in [0, 0.05) is 24.5 Å². The standard InChI is InChI=1S/C11H9N3O4/c1-7-12-4-5-13(7)10-6-8(14(17)18)2-3-9(10)11(15)16/h2-6H,1H3,(H,15,16). The van der Waals surface area contributed by atoms with Crippen LogP contribution in [0.3, 0.4) is 0 Å². The first-order valence-corrected chi connectivity index (χ1v) is 5.03. The van der Waals surface area contributed by atoms with Crippen molar-refractivity contribution in [3.8, 4) is 5.69 Å². The number of benzene rings is 1. The smallest absolute Gasteiger partial charge is 0.337 e. The van der Waals surface area contributed by atoms with E-state index in [-0.39, 0.29) is 16.9 Å². The van der Waals surface area contributed by atoms with E-state index in [4.69, 9.17) is 5.11 Å². The summed E-state index contributed by atoms with van der Waals surface area (Å²) in [5, 5.41) is 19.8. The van der Waals surface area contributed by atoms with Crippen molar-refractivity contribution in [3.05, 3.63) is 52.1 Å². The van der Waals surface area contributed by atoms with Gasteiger partial charge in [0.25, 0.3) is 5.69 Å². The highest BCUT2D eigenvalue weighted by Gasteiger charge is 2.17. The molecule has 0 aliphatic heterocycles. The molecule has 2 rings (SSSR count). The number of imidazole rings is 1. The van der Waals surface area contributed by atoms with Gasteiger partial charge in [0.2, 0.25) is 0 Å². The molecular formula is C11H9N3O4. The Bertz CT molecular complexity index is 633. The fourth-order valence-corrected chi connectivity index (χ4v) is 1.65. The van der Waals surface area contributed by atoms with E-state index in [9.17, 15) is 14.9 Å². The molecule has 0 amide bonds. The minimum Gasteiger partial charge on any atom is -0.478 e. The number of aromatic nitrogens is 2. The molecule has 1 aromatic carbocycles. The van der Waals surface area contributed by atoms with Crippen LogP contribution in [0.25, 0.3) is 5.69 Å². The third-order valence-corrected chi connectivity index (χ3v) is 2.51. The Morgan fingerprint density at radius 1 is 1.50 bits per heavy atom. The number of nitro groups is 1. The van der Waals surface area contributed by atoms with E-state index in [1.54, 1.807) is 13.1 Å². The molecule has 0 unspecified atom stereocenters. The lowest BCUT2D eigenvalue weighted by molar-refractivity contribution is -0.384. The highest BCUT2D eigenvalue weighted by atomic mass is 16.6. The number of non-ortho nitro benzene ring substituents is 1. The largest absolute Gasteiger partial charge is 0.478 e. The zero-order chi connectivity index (χ0) is 13.3. The van der Waals surface area contributed by atoms with Crippen molar-refractivity contribution < 1.29 is 14.8 Å². The minimum atomic E-state index is -1.15. The van der Waals surface area contributed by atoms with Gasteiger partial charge < -0.3 is 9.67 Å². The van der Waals surface area contributed by atoms with Gasteiger partial charge in [-0.2, -0.15) is 0 Å². The Morgan fingerprint density at radius 3 is 2.72 bits per heavy atom. The number of nitrogens with zero attached hydrogens (tertiary/aromatic N) is 3. The molecule has 0 atom stereocenters. The monoisotopic (exact) mass is 247 g/mol. The van der Waals surface area contributed by atoms with E-state index in [0.717, 1.165) is 0 Å². The SMILES string of the molecule is Cc1nccn1-c1cc([N+](=O)[O-])ccc1C(=O)O. The molecule has 0 radical (unpaired) electrons. The van der Waals surface area contributed by atoms with E-state index in [0.29, 0.717) is 5.82 Å². The number of rotatable bonds is 3. The molecule has 0 saturated carbocycles. The summed E-state index contributed by atoms with van der Waals surface area (Å²) in [6.07, 6.45) is 3.06. The van der Waals surface area contributed by atoms with Gasteiger partial charge in [0.05, 0.1) is 16.2 Å². The number of carboxylic acids is 1. The van der Waals surface area contributed by atoms with Gasteiger partial charge in [-0.1, -0.05) is 0 Å². The first-order chi connectivity index (χ1) is 8.50. The summed E-state index contributed by atoms with van der Waals surface area (Å²) >= 11 is 0. The number of aryl methyl sites for hydroxylation is 1. The summed E-state index contributed by atoms with van der Waals surface area (Å²) in [5.74, 6) is -0.592. The van der Waals surface area contributed by atoms with Crippen LogP contribution in [0.2, 0.25) is 0 Å². The van der Waals surface area contributed by atoms with Gasteiger partial charge in [-0.05, 0) is 13.0 Å². The van der Waals surface area contributed by atoms with E-state index in [1.807, 2.05) is 0 Å². The second kappa shape index (κ2) is 4.28. The van der Waals surface area contributed by atoms with Crippen molar-refractivity contribution >= 4 is 11.7 Å². The van der Waals surface area contributed by atoms with E-state index in [1.165, 1.54) is 29.0 Å². The van der Waals surface area contributed by atoms with E-state index in [2.05, 4.69) is 4.98 Å². The quantitative estimate of drug-likeness (QED) is 0.658. The maximum atomic E-state index is 11.1. The lowest BCUT2D eigenvalue weighted by Crippen LogP contribution is -2.07. The van der Waals surface area contributed by atoms with Gasteiger partial charge >= 0.3 is 5.97 Å². The molecule has 0 aliphatic carbocycles. The number of hydrogen-bond acceptors (Lipinski definition) is 4. The van der Waals surface area contributed by atoms with Gasteiger partial charge in [0.15, 0.2) is 0 Å². The molecule has 0 spiro atoms. The predicted octanol–water partition coefficient (Wildman–Crippen LogP) is 1.79. The Balaban J connectivity index is 2.69. The topological polar surface area (TPSA) is 98.3 Å². The van der Waals surface area contributed by atoms with Crippen LogP contribution in [0.4, 0.5) is 5.69 Å². The molecule has 1 heterocycles. The number of hydrogen-bond donors (Lipinski definition) is 1. The Hall–Kier alpha value is -2.70. The second-order valence-electron chi connectivity index (χ2n) is 3.61. The highest BCUT2D eigenvalue weighted by molar-refractivity contribution is 5.92. The molecule has 0 fully saturated rings. The average molecular weight is 247 g/mol. The first kappa shape index (κ1) is 11.8. The van der Waals surface area contributed by atoms with Gasteiger partial charge in [0.1, 0.15) is 5.82 Å². The molecule has 1 aromatic heterocycles. The fourth-order valence-electron chi connectivity index (χ4n) is 1.65. The van der Waals surface area contributed by atoms with Crippen LogP contribution in [-0.4, -0.2) is 25.6 Å². The molecule has 18 heavy (non-hydrogen) atoms. The van der Waals surface area contributed by atoms with E-state index >= 15 is 0 Å². The molecule has 0 aliphatic rings. The summed E-state index contributed by atoms with van der Waals surface area (Å²) in [5.41, 5.74) is 0.0523. The number of nitro benzene ring substituents is 1. The van der Waals surface area contributed by atoms with Crippen molar-refractivity contribution in [1.82, 2.24) is 9.55 Å². The number of aromatic carboxylic acids is 1. The third-order valence-electron chi connectivity index (χ3n) is 2.51. The number of carboxylic acid groups (broad SMARTS) is 1. The molecule has 2 aromatic rings. The molecule has 0 saturated heterocycles. The summed E-state index contributed by atoms with van der Waals surface area (Å²) in [6, 6.07) is 3.60. The van der Waals surface area contributed by atoms with Crippen molar-refractivity contribution in [1.29, 1.82) is 0 Å². The van der Waals surface area contributed by atoms with Crippen LogP contribution in [0.5, 0.6) is 0 Å². The highest BCUT2D eigenvalue weighted by Crippen LogP contribution is 2.22. The van der Waals surface area contributed by atoms with Gasteiger partial charge in [-0.15, -0.1) is 0 Å². The summed E-state index contributed by atoms with van der Waals surface area (Å²) in [4.78, 5) is 25.2. The summed E-state index contributed by atoms with van der Waals surface area (Å²) in [7, 11) is 0. The molecule has 0 bridgehead atoms. The molecular weight excluding hydrogens is 238 g/mol. The van der Waals surface area contributed by atoms with Crippen LogP contribution < -0.4 is 0 Å². The van der Waals surface area contributed by atoms with Crippen LogP contribution >= 0.6 is 0 Å². The normalized spacial score (nSPS) is 10.3. The Morgan fingerprint density at radius 2 is 2.22 bits per heavy atom. The minimum absolute atomic E-state index is 0.0123. The summed E-state index contributed by atoms with van der Waals surface area (Å²) < 4.78 is 1.50. The molecule has 7 heteroatoms. The molecule has 92 valence electrons. The van der Waals surface area contributed by atoms with Crippen LogP contribution in [0, 0.1) is 17.0 Å². The molecule has 7 nitrogen and oxygen atoms in total. The third kappa shape index (κ3) is 1.93. The van der Waals surface area contributed by atoms with E-state index < -0.39 is 10.9 Å². The second-order valence-corrected chi connectivity index (χ2v) is 3.61. The van der Waals surface area contributed by atoms with Gasteiger partial charge in [-0.3, -0.25) is 10.1 Å². The average Bonchev–Trinajstić information content (AvgIpc) is 2.74. The lowest BCUT2D eigenvalue weighted by atomic mass is 10.1. The predicted molar refractivity (Wildman–Crippen MR) is 61.9 cm³/mol. The zero-order valence-corrected chi connectivity index (χ0v) is 9.40. The van der Waals surface area contributed by atoms with Crippen LogP contribution in [0.15, 0.2) is 30.6 Å². The maximum Gasteiger partial charge on any atom is 0.337 e. The fraction of sp³-hybridized carbons (Fsp3) is 0.0909. The lowest BCUT2D eigenvalue weighted by Gasteiger charge is -2.08. The van der Waals surface area contributed by atoms with Crippen molar-refractivity contribution in [2.24, 2.45) is 0 Å². The van der Waals surface area contributed by atoms with Crippen molar-refractivity contribution in [3.63, 3.8) is 0 Å². The van der Waals surface area contributed by atoms with Crippen LogP contribution in [-0.2, 0) is 0 Å². The van der Waals surface area contributed by atoms with Gasteiger partial charge in [-0.25, -0.2) is 9.78 Å². The van der Waals surface area contributed by atoms with Crippen molar-refractivity contribution in [2.45, 2.75) is 6.92 Å². The summed E-state index contributed by atoms with van der Waals surface area (Å²) in [6.45, 7) is 1.68. The first-order valence-electron chi connectivity index (χ1n) is 5.03. The Labute approximate surface area is 101 Å². The zero-order valence-electron chi connectivity index (χ0n) is 9.40. The van der Waals surface area contributed by atoms with Crippen molar-refractivity contribution in [2.75, 3.05) is 0 Å². The number of carbonyl (C=O) groups is 1.